The third kappa shape index (κ3) is 4.05. The zero-order valence-corrected chi connectivity index (χ0v) is 17.0. The maximum atomic E-state index is 13.9. The lowest BCUT2D eigenvalue weighted by atomic mass is 9.96. The zero-order valence-electron chi connectivity index (χ0n) is 15.4. The summed E-state index contributed by atoms with van der Waals surface area (Å²) < 4.78 is 20.2. The lowest BCUT2D eigenvalue weighted by molar-refractivity contribution is -0.123. The van der Waals surface area contributed by atoms with Crippen molar-refractivity contribution in [2.45, 2.75) is 51.0 Å². The van der Waals surface area contributed by atoms with Crippen molar-refractivity contribution in [1.29, 1.82) is 0 Å². The highest BCUT2D eigenvalue weighted by molar-refractivity contribution is 8.26. The molecule has 1 saturated carbocycles. The number of thiocarbonyl (C=S) groups is 1. The molecule has 0 radical (unpaired) electrons. The molecule has 2 aliphatic rings. The van der Waals surface area contributed by atoms with Crippen molar-refractivity contribution in [3.05, 3.63) is 47.1 Å². The van der Waals surface area contributed by atoms with Gasteiger partial charge in [0.1, 0.15) is 15.8 Å². The molecule has 2 aromatic heterocycles. The van der Waals surface area contributed by atoms with Crippen LogP contribution < -0.4 is 0 Å². The van der Waals surface area contributed by atoms with Crippen molar-refractivity contribution in [2.24, 2.45) is 0 Å². The van der Waals surface area contributed by atoms with E-state index in [1.807, 2.05) is 0 Å². The molecule has 1 saturated heterocycles. The first-order valence-corrected chi connectivity index (χ1v) is 10.8. The number of carbonyl (C=O) groups is 1. The molecular formula is C21H21FN2O2S2. The quantitative estimate of drug-likeness (QED) is 0.360. The fourth-order valence-corrected chi connectivity index (χ4v) is 5.14. The van der Waals surface area contributed by atoms with Crippen molar-refractivity contribution in [3.63, 3.8) is 0 Å². The van der Waals surface area contributed by atoms with Crippen molar-refractivity contribution < 1.29 is 13.6 Å². The highest BCUT2D eigenvalue weighted by Gasteiger charge is 2.37. The van der Waals surface area contributed by atoms with E-state index in [0.29, 0.717) is 26.3 Å². The Morgan fingerprint density at radius 3 is 2.68 bits per heavy atom. The fraction of sp³-hybridized carbons (Fsp3) is 0.381. The van der Waals surface area contributed by atoms with E-state index >= 15 is 0 Å². The summed E-state index contributed by atoms with van der Waals surface area (Å²) in [6, 6.07) is 6.86. The van der Waals surface area contributed by atoms with Gasteiger partial charge in [-0.25, -0.2) is 4.98 Å². The van der Waals surface area contributed by atoms with Crippen LogP contribution >= 0.6 is 24.0 Å². The van der Waals surface area contributed by atoms with Gasteiger partial charge in [-0.05, 0) is 37.1 Å². The van der Waals surface area contributed by atoms with E-state index in [9.17, 15) is 9.18 Å². The van der Waals surface area contributed by atoms with E-state index in [-0.39, 0.29) is 11.9 Å². The average molecular weight is 417 g/mol. The van der Waals surface area contributed by atoms with Gasteiger partial charge in [-0.1, -0.05) is 56.1 Å². The van der Waals surface area contributed by atoms with Crippen molar-refractivity contribution in [1.82, 2.24) is 9.88 Å². The molecule has 0 N–H and O–H groups in total. The van der Waals surface area contributed by atoms with Gasteiger partial charge in [-0.2, -0.15) is 4.39 Å². The zero-order chi connectivity index (χ0) is 19.5. The molecule has 2 fully saturated rings. The van der Waals surface area contributed by atoms with E-state index in [2.05, 4.69) is 4.98 Å². The Morgan fingerprint density at radius 2 is 1.93 bits per heavy atom. The number of pyridine rings is 1. The molecular weight excluding hydrogens is 395 g/mol. The first kappa shape index (κ1) is 19.3. The number of rotatable bonds is 3. The minimum atomic E-state index is -0.584. The van der Waals surface area contributed by atoms with E-state index < -0.39 is 5.95 Å². The van der Waals surface area contributed by atoms with Crippen LogP contribution in [0.4, 0.5) is 4.39 Å². The number of nitrogens with zero attached hydrogens (tertiary/aromatic N) is 2. The number of thioether (sulfide) groups is 1. The molecule has 0 aromatic carbocycles. The van der Waals surface area contributed by atoms with Gasteiger partial charge in [0.15, 0.2) is 0 Å². The third-order valence-electron chi connectivity index (χ3n) is 5.19. The Labute approximate surface area is 173 Å². The maximum Gasteiger partial charge on any atom is 0.266 e. The number of hydrogen-bond acceptors (Lipinski definition) is 5. The first-order valence-electron chi connectivity index (χ1n) is 9.61. The molecule has 1 aliphatic heterocycles. The number of halogens is 1. The maximum absolute atomic E-state index is 13.9. The molecule has 1 aliphatic carbocycles. The van der Waals surface area contributed by atoms with Gasteiger partial charge in [0.05, 0.1) is 10.5 Å². The minimum absolute atomic E-state index is 0.0499. The highest BCUT2D eigenvalue weighted by atomic mass is 32.2. The molecule has 0 spiro atoms. The summed E-state index contributed by atoms with van der Waals surface area (Å²) in [7, 11) is 0. The molecule has 0 atom stereocenters. The van der Waals surface area contributed by atoms with Gasteiger partial charge in [0.2, 0.25) is 5.95 Å². The van der Waals surface area contributed by atoms with Crippen molar-refractivity contribution in [2.75, 3.05) is 0 Å². The normalized spacial score (nSPS) is 20.6. The monoisotopic (exact) mass is 416 g/mol. The summed E-state index contributed by atoms with van der Waals surface area (Å²) in [6.07, 6.45) is 11.1. The highest BCUT2D eigenvalue weighted by Crippen LogP contribution is 2.37. The minimum Gasteiger partial charge on any atom is -0.457 e. The van der Waals surface area contributed by atoms with Crippen LogP contribution in [-0.2, 0) is 4.79 Å². The van der Waals surface area contributed by atoms with Crippen LogP contribution in [0.2, 0.25) is 0 Å². The summed E-state index contributed by atoms with van der Waals surface area (Å²) in [6.45, 7) is 0. The van der Waals surface area contributed by atoms with E-state index in [0.717, 1.165) is 25.7 Å². The molecule has 7 heteroatoms. The second-order valence-electron chi connectivity index (χ2n) is 7.09. The molecule has 3 heterocycles. The topological polar surface area (TPSA) is 46.3 Å². The Balaban J connectivity index is 1.53. The van der Waals surface area contributed by atoms with Crippen LogP contribution in [0.25, 0.3) is 17.4 Å². The first-order chi connectivity index (χ1) is 13.6. The molecule has 28 heavy (non-hydrogen) atoms. The van der Waals surface area contributed by atoms with Crippen LogP contribution in [-0.4, -0.2) is 26.2 Å². The number of carbonyl (C=O) groups excluding carboxylic acids is 1. The molecule has 1 amide bonds. The number of aromatic nitrogens is 1. The molecule has 2 aromatic rings. The molecule has 0 bridgehead atoms. The summed E-state index contributed by atoms with van der Waals surface area (Å²) >= 11 is 6.82. The number of furan rings is 1. The Hall–Kier alpha value is -1.99. The Kier molecular flexibility index (Phi) is 5.92. The lowest BCUT2D eigenvalue weighted by Crippen LogP contribution is -2.39. The van der Waals surface area contributed by atoms with Gasteiger partial charge in [0, 0.05) is 18.3 Å². The van der Waals surface area contributed by atoms with E-state index in [1.54, 1.807) is 35.2 Å². The summed E-state index contributed by atoms with van der Waals surface area (Å²) in [4.78, 5) is 19.0. The third-order valence-corrected chi connectivity index (χ3v) is 6.52. The summed E-state index contributed by atoms with van der Waals surface area (Å²) in [5.41, 5.74) is 0.296. The molecule has 0 unspecified atom stereocenters. The predicted octanol–water partition coefficient (Wildman–Crippen LogP) is 5.79. The second kappa shape index (κ2) is 8.57. The Morgan fingerprint density at radius 1 is 1.18 bits per heavy atom. The van der Waals surface area contributed by atoms with Crippen LogP contribution in [0, 0.1) is 5.95 Å². The Bertz CT molecular complexity index is 917. The summed E-state index contributed by atoms with van der Waals surface area (Å²) in [5.74, 6) is 0.244. The van der Waals surface area contributed by atoms with Crippen molar-refractivity contribution >= 4 is 40.3 Å². The van der Waals surface area contributed by atoms with Gasteiger partial charge in [-0.15, -0.1) is 0 Å². The number of amides is 1. The number of hydrogen-bond donors (Lipinski definition) is 0. The summed E-state index contributed by atoms with van der Waals surface area (Å²) in [5, 5.41) is 0. The standard InChI is InChI=1S/C21H21FN2O2S2/c22-19-16(9-6-12-23-19)17-11-10-15(26-17)13-18-20(25)24(21(27)28-18)14-7-4-2-1-3-5-8-14/h6,9-14H,1-5,7-8H2/b18-13-. The van der Waals surface area contributed by atoms with Gasteiger partial charge < -0.3 is 4.42 Å². The molecule has 146 valence electrons. The second-order valence-corrected chi connectivity index (χ2v) is 8.77. The van der Waals surface area contributed by atoms with Crippen LogP contribution in [0.3, 0.4) is 0 Å². The van der Waals surface area contributed by atoms with E-state index in [1.165, 1.54) is 37.2 Å². The van der Waals surface area contributed by atoms with Gasteiger partial charge >= 0.3 is 0 Å². The smallest absolute Gasteiger partial charge is 0.266 e. The SMILES string of the molecule is O=C1/C(=C/c2ccc(-c3cccnc3F)o2)SC(=S)N1C1CCCCCCC1. The van der Waals surface area contributed by atoms with Crippen molar-refractivity contribution in [3.8, 4) is 11.3 Å². The molecule has 4 rings (SSSR count). The van der Waals surface area contributed by atoms with E-state index in [4.69, 9.17) is 16.6 Å². The van der Waals surface area contributed by atoms with Gasteiger partial charge in [-0.3, -0.25) is 9.69 Å². The fourth-order valence-electron chi connectivity index (χ4n) is 3.76. The molecule has 4 nitrogen and oxygen atoms in total. The van der Waals surface area contributed by atoms with Crippen LogP contribution in [0.15, 0.2) is 39.8 Å². The average Bonchev–Trinajstić information content (AvgIpc) is 3.21. The lowest BCUT2D eigenvalue weighted by Gasteiger charge is -2.28. The van der Waals surface area contributed by atoms with Crippen LogP contribution in [0.5, 0.6) is 0 Å². The predicted molar refractivity (Wildman–Crippen MR) is 113 cm³/mol. The van der Waals surface area contributed by atoms with Gasteiger partial charge in [0.25, 0.3) is 5.91 Å². The largest absolute Gasteiger partial charge is 0.457 e. The van der Waals surface area contributed by atoms with Crippen LogP contribution in [0.1, 0.15) is 50.7 Å².